The summed E-state index contributed by atoms with van der Waals surface area (Å²) in [6.07, 6.45) is 1.29. The molecule has 0 aliphatic rings. The molecule has 7 nitrogen and oxygen atoms in total. The van der Waals surface area contributed by atoms with E-state index >= 15 is 0 Å². The summed E-state index contributed by atoms with van der Waals surface area (Å²) >= 11 is 3.33. The van der Waals surface area contributed by atoms with Crippen molar-refractivity contribution in [3.05, 3.63) is 50.2 Å². The van der Waals surface area contributed by atoms with Crippen molar-refractivity contribution in [1.29, 1.82) is 5.26 Å². The first-order valence-corrected chi connectivity index (χ1v) is 5.62. The van der Waals surface area contributed by atoms with Gasteiger partial charge >= 0.3 is 5.95 Å². The third kappa shape index (κ3) is 2.52. The first-order chi connectivity index (χ1) is 8.60. The lowest BCUT2D eigenvalue weighted by atomic mass is 10.1. The molecule has 1 aromatic heterocycles. The van der Waals surface area contributed by atoms with Gasteiger partial charge in [0.1, 0.15) is 0 Å². The number of nitro groups is 1. The Bertz CT molecular complexity index is 646. The Labute approximate surface area is 110 Å². The Morgan fingerprint density at radius 1 is 1.56 bits per heavy atom. The number of benzene rings is 1. The number of nitriles is 1. The molecule has 0 saturated carbocycles. The number of rotatable bonds is 3. The van der Waals surface area contributed by atoms with E-state index in [4.69, 9.17) is 5.26 Å². The van der Waals surface area contributed by atoms with Crippen molar-refractivity contribution in [2.75, 3.05) is 0 Å². The second kappa shape index (κ2) is 4.93. The molecule has 0 spiro atoms. The predicted octanol–water partition coefficient (Wildman–Crippen LogP) is 1.87. The van der Waals surface area contributed by atoms with Crippen molar-refractivity contribution in [2.45, 2.75) is 6.54 Å². The number of hydrogen-bond acceptors (Lipinski definition) is 5. The van der Waals surface area contributed by atoms with E-state index in [9.17, 15) is 10.1 Å². The highest BCUT2D eigenvalue weighted by atomic mass is 79.9. The smallest absolute Gasteiger partial charge is 0.390 e. The van der Waals surface area contributed by atoms with Gasteiger partial charge in [-0.3, -0.25) is 0 Å². The van der Waals surface area contributed by atoms with Gasteiger partial charge in [-0.25, -0.2) is 0 Å². The molecule has 0 radical (unpaired) electrons. The number of halogens is 1. The second-order valence-corrected chi connectivity index (χ2v) is 4.27. The summed E-state index contributed by atoms with van der Waals surface area (Å²) in [6.45, 7) is 0.340. The zero-order valence-corrected chi connectivity index (χ0v) is 10.5. The Kier molecular flexibility index (Phi) is 3.34. The standard InChI is InChI=1S/C10H6BrN5O2/c11-9-3-7(4-12)1-2-8(9)5-15-6-13-10(14-15)16(17)18/h1-3,6H,5H2. The van der Waals surface area contributed by atoms with Crippen LogP contribution in [0.5, 0.6) is 0 Å². The fraction of sp³-hybridized carbons (Fsp3) is 0.100. The van der Waals surface area contributed by atoms with Crippen molar-refractivity contribution in [1.82, 2.24) is 14.8 Å². The molecule has 8 heteroatoms. The average molecular weight is 308 g/mol. The summed E-state index contributed by atoms with van der Waals surface area (Å²) in [5.74, 6) is -0.431. The number of nitrogens with zero attached hydrogens (tertiary/aromatic N) is 5. The molecule has 1 aromatic carbocycles. The first kappa shape index (κ1) is 12.2. The van der Waals surface area contributed by atoms with Crippen molar-refractivity contribution in [3.63, 3.8) is 0 Å². The minimum Gasteiger partial charge on any atom is -0.390 e. The number of hydrogen-bond donors (Lipinski definition) is 0. The fourth-order valence-electron chi connectivity index (χ4n) is 1.36. The molecule has 2 rings (SSSR count). The lowest BCUT2D eigenvalue weighted by Crippen LogP contribution is -2.02. The van der Waals surface area contributed by atoms with Gasteiger partial charge in [0.15, 0.2) is 0 Å². The van der Waals surface area contributed by atoms with Gasteiger partial charge in [-0.2, -0.15) is 9.94 Å². The summed E-state index contributed by atoms with van der Waals surface area (Å²) < 4.78 is 2.12. The minimum atomic E-state index is -0.648. The average Bonchev–Trinajstić information content (AvgIpc) is 2.80. The molecule has 0 unspecified atom stereocenters. The molecule has 0 saturated heterocycles. The van der Waals surface area contributed by atoms with Gasteiger partial charge in [0.2, 0.25) is 6.33 Å². The van der Waals surface area contributed by atoms with Gasteiger partial charge in [0, 0.05) is 9.57 Å². The Morgan fingerprint density at radius 2 is 2.33 bits per heavy atom. The molecule has 0 atom stereocenters. The highest BCUT2D eigenvalue weighted by molar-refractivity contribution is 9.10. The Balaban J connectivity index is 2.23. The molecule has 0 aliphatic heterocycles. The van der Waals surface area contributed by atoms with Gasteiger partial charge < -0.3 is 10.1 Å². The topological polar surface area (TPSA) is 97.6 Å². The number of aromatic nitrogens is 3. The third-order valence-corrected chi connectivity index (χ3v) is 2.94. The van der Waals surface area contributed by atoms with E-state index in [1.54, 1.807) is 18.2 Å². The van der Waals surface area contributed by atoms with Crippen LogP contribution in [-0.2, 0) is 6.54 Å². The van der Waals surface area contributed by atoms with Crippen LogP contribution < -0.4 is 0 Å². The zero-order chi connectivity index (χ0) is 13.1. The second-order valence-electron chi connectivity index (χ2n) is 3.42. The molecule has 18 heavy (non-hydrogen) atoms. The lowest BCUT2D eigenvalue weighted by molar-refractivity contribution is -0.394. The van der Waals surface area contributed by atoms with Crippen LogP contribution >= 0.6 is 15.9 Å². The normalized spacial score (nSPS) is 10.0. The molecule has 2 aromatic rings. The van der Waals surface area contributed by atoms with Gasteiger partial charge in [0.25, 0.3) is 0 Å². The van der Waals surface area contributed by atoms with E-state index in [0.29, 0.717) is 12.1 Å². The fourth-order valence-corrected chi connectivity index (χ4v) is 1.87. The third-order valence-electron chi connectivity index (χ3n) is 2.20. The highest BCUT2D eigenvalue weighted by Gasteiger charge is 2.14. The maximum Gasteiger partial charge on any atom is 0.490 e. The van der Waals surface area contributed by atoms with E-state index in [-0.39, 0.29) is 0 Å². The Hall–Kier alpha value is -2.27. The highest BCUT2D eigenvalue weighted by Crippen LogP contribution is 2.19. The molecule has 0 N–H and O–H groups in total. The van der Waals surface area contributed by atoms with Crippen LogP contribution in [0.15, 0.2) is 29.0 Å². The maximum absolute atomic E-state index is 10.4. The van der Waals surface area contributed by atoms with E-state index in [1.807, 2.05) is 6.07 Å². The van der Waals surface area contributed by atoms with Gasteiger partial charge in [-0.1, -0.05) is 27.0 Å². The van der Waals surface area contributed by atoms with Gasteiger partial charge in [-0.15, -0.1) is 0 Å². The van der Waals surface area contributed by atoms with E-state index in [2.05, 4.69) is 26.0 Å². The van der Waals surface area contributed by atoms with Crippen LogP contribution in [0.25, 0.3) is 0 Å². The van der Waals surface area contributed by atoms with Gasteiger partial charge in [0.05, 0.1) is 18.2 Å². The SMILES string of the molecule is N#Cc1ccc(Cn2cnc([N+](=O)[O-])n2)c(Br)c1. The molecule has 90 valence electrons. The van der Waals surface area contributed by atoms with Crippen molar-refractivity contribution >= 4 is 21.9 Å². The summed E-state index contributed by atoms with van der Waals surface area (Å²) in [4.78, 5) is 13.4. The van der Waals surface area contributed by atoms with E-state index < -0.39 is 10.9 Å². The van der Waals surface area contributed by atoms with Crippen LogP contribution in [0, 0.1) is 21.4 Å². The summed E-state index contributed by atoms with van der Waals surface area (Å²) in [5.41, 5.74) is 1.39. The summed E-state index contributed by atoms with van der Waals surface area (Å²) in [6, 6.07) is 7.14. The molecular formula is C10H6BrN5O2. The summed E-state index contributed by atoms with van der Waals surface area (Å²) in [7, 11) is 0. The Morgan fingerprint density at radius 3 is 2.89 bits per heavy atom. The van der Waals surface area contributed by atoms with Crippen LogP contribution in [0.2, 0.25) is 0 Å². The quantitative estimate of drug-likeness (QED) is 0.637. The molecule has 0 fully saturated rings. The van der Waals surface area contributed by atoms with E-state index in [0.717, 1.165) is 10.0 Å². The van der Waals surface area contributed by atoms with Crippen LogP contribution in [0.3, 0.4) is 0 Å². The lowest BCUT2D eigenvalue weighted by Gasteiger charge is -2.02. The summed E-state index contributed by atoms with van der Waals surface area (Å²) in [5, 5.41) is 22.9. The molecular weight excluding hydrogens is 302 g/mol. The predicted molar refractivity (Wildman–Crippen MR) is 64.6 cm³/mol. The van der Waals surface area contributed by atoms with Crippen LogP contribution in [-0.4, -0.2) is 19.7 Å². The van der Waals surface area contributed by atoms with E-state index in [1.165, 1.54) is 11.0 Å². The van der Waals surface area contributed by atoms with Gasteiger partial charge in [-0.05, 0) is 22.6 Å². The van der Waals surface area contributed by atoms with Crippen molar-refractivity contribution in [2.24, 2.45) is 0 Å². The van der Waals surface area contributed by atoms with Crippen LogP contribution in [0.4, 0.5) is 5.95 Å². The maximum atomic E-state index is 10.4. The van der Waals surface area contributed by atoms with Crippen molar-refractivity contribution < 1.29 is 4.92 Å². The molecule has 1 heterocycles. The minimum absolute atomic E-state index is 0.340. The molecule has 0 amide bonds. The molecule has 0 bridgehead atoms. The zero-order valence-electron chi connectivity index (χ0n) is 8.95. The first-order valence-electron chi connectivity index (χ1n) is 4.82. The van der Waals surface area contributed by atoms with Crippen LogP contribution in [0.1, 0.15) is 11.1 Å². The van der Waals surface area contributed by atoms with Crippen molar-refractivity contribution in [3.8, 4) is 6.07 Å². The monoisotopic (exact) mass is 307 g/mol. The molecule has 0 aliphatic carbocycles. The largest absolute Gasteiger partial charge is 0.490 e.